The van der Waals surface area contributed by atoms with Crippen molar-refractivity contribution in [2.45, 2.75) is 58.2 Å². The molecule has 4 N–H and O–H groups in total. The zero-order valence-electron chi connectivity index (χ0n) is 22.7. The van der Waals surface area contributed by atoms with Gasteiger partial charge in [-0.1, -0.05) is 38.1 Å². The molecule has 0 aromatic heterocycles. The van der Waals surface area contributed by atoms with Gasteiger partial charge in [0.15, 0.2) is 0 Å². The van der Waals surface area contributed by atoms with Crippen LogP contribution in [0.1, 0.15) is 61.0 Å². The Kier molecular flexibility index (Phi) is 11.5. The average Bonchev–Trinajstić information content (AvgIpc) is 2.97. The summed E-state index contributed by atoms with van der Waals surface area (Å²) in [5.74, 6) is -0.930. The molecule has 4 rings (SSSR count). The summed E-state index contributed by atoms with van der Waals surface area (Å²) in [5, 5.41) is 21.0. The zero-order chi connectivity index (χ0) is 27.5. The van der Waals surface area contributed by atoms with Crippen LogP contribution in [0.3, 0.4) is 0 Å². The van der Waals surface area contributed by atoms with Gasteiger partial charge in [-0.05, 0) is 61.1 Å². The highest BCUT2D eigenvalue weighted by Crippen LogP contribution is 2.31. The predicted molar refractivity (Wildman–Crippen MR) is 147 cm³/mol. The van der Waals surface area contributed by atoms with E-state index in [-0.39, 0.29) is 0 Å². The van der Waals surface area contributed by atoms with Gasteiger partial charge < -0.3 is 20.1 Å². The number of hydrogen-bond acceptors (Lipinski definition) is 7. The standard InChI is InChI=1S/C27H36N4O5.C2H6/c1-19(32)25(27(34)29-35)28-26(33)23-6-4-21(5-7-23)22-10-12-31(13-11-22)24-8-2-20(3-9-24)18-30-14-16-36-17-15-30;1-2/h2-9,19,22,25,32,35H,10-18H2,1H3,(H,28,33)(H,29,34);1-2H3/t19-,25+;/m1./s1. The molecule has 208 valence electrons. The number of piperidine rings is 1. The van der Waals surface area contributed by atoms with Crippen molar-refractivity contribution in [2.75, 3.05) is 44.3 Å². The number of amides is 2. The Morgan fingerprint density at radius 3 is 2.13 bits per heavy atom. The van der Waals surface area contributed by atoms with Crippen LogP contribution in [0.15, 0.2) is 48.5 Å². The summed E-state index contributed by atoms with van der Waals surface area (Å²) in [6.45, 7) is 11.9. The lowest BCUT2D eigenvalue weighted by Gasteiger charge is -2.34. The molecule has 0 aliphatic carbocycles. The van der Waals surface area contributed by atoms with Crippen LogP contribution in [0.2, 0.25) is 0 Å². The van der Waals surface area contributed by atoms with Crippen LogP contribution >= 0.6 is 0 Å². The van der Waals surface area contributed by atoms with Gasteiger partial charge in [-0.25, -0.2) is 5.48 Å². The fourth-order valence-corrected chi connectivity index (χ4v) is 4.91. The number of nitrogens with one attached hydrogen (secondary N) is 2. The van der Waals surface area contributed by atoms with Crippen molar-refractivity contribution >= 4 is 17.5 Å². The Hall–Kier alpha value is -2.98. The molecule has 2 heterocycles. The minimum atomic E-state index is -1.24. The minimum absolute atomic E-state index is 0.393. The average molecular weight is 527 g/mol. The maximum absolute atomic E-state index is 12.5. The fourth-order valence-electron chi connectivity index (χ4n) is 4.91. The Balaban J connectivity index is 0.00000195. The van der Waals surface area contributed by atoms with Crippen LogP contribution in [-0.2, 0) is 16.1 Å². The van der Waals surface area contributed by atoms with Gasteiger partial charge in [0.25, 0.3) is 11.8 Å². The minimum Gasteiger partial charge on any atom is -0.391 e. The summed E-state index contributed by atoms with van der Waals surface area (Å²) in [5.41, 5.74) is 5.63. The lowest BCUT2D eigenvalue weighted by Crippen LogP contribution is -2.51. The van der Waals surface area contributed by atoms with E-state index in [1.807, 2.05) is 26.0 Å². The molecule has 0 spiro atoms. The quantitative estimate of drug-likeness (QED) is 0.309. The van der Waals surface area contributed by atoms with Crippen molar-refractivity contribution in [3.05, 3.63) is 65.2 Å². The smallest absolute Gasteiger partial charge is 0.268 e. The van der Waals surface area contributed by atoms with Gasteiger partial charge in [0.1, 0.15) is 6.04 Å². The summed E-state index contributed by atoms with van der Waals surface area (Å²) in [7, 11) is 0. The second-order valence-electron chi connectivity index (χ2n) is 9.61. The molecular formula is C29H42N4O5. The van der Waals surface area contributed by atoms with Crippen LogP contribution in [0.25, 0.3) is 0 Å². The van der Waals surface area contributed by atoms with Crippen LogP contribution < -0.4 is 15.7 Å². The molecule has 0 radical (unpaired) electrons. The van der Waals surface area contributed by atoms with E-state index in [1.165, 1.54) is 29.2 Å². The first-order valence-electron chi connectivity index (χ1n) is 13.6. The Labute approximate surface area is 225 Å². The Morgan fingerprint density at radius 2 is 1.58 bits per heavy atom. The number of nitrogens with zero attached hydrogens (tertiary/aromatic N) is 2. The summed E-state index contributed by atoms with van der Waals surface area (Å²) in [6.07, 6.45) is 0.912. The lowest BCUT2D eigenvalue weighted by atomic mass is 9.88. The number of ether oxygens (including phenoxy) is 1. The van der Waals surface area contributed by atoms with Crippen LogP contribution in [0.4, 0.5) is 5.69 Å². The van der Waals surface area contributed by atoms with Crippen LogP contribution in [0.5, 0.6) is 0 Å². The van der Waals surface area contributed by atoms with Crippen molar-refractivity contribution in [3.8, 4) is 0 Å². The number of rotatable bonds is 8. The van der Waals surface area contributed by atoms with E-state index in [1.54, 1.807) is 12.1 Å². The molecule has 2 aromatic rings. The first kappa shape index (κ1) is 29.6. The maximum Gasteiger partial charge on any atom is 0.268 e. The number of benzene rings is 2. The van der Waals surface area contributed by atoms with Gasteiger partial charge in [-0.3, -0.25) is 19.7 Å². The SMILES string of the molecule is CC.C[C@@H](O)[C@H](NC(=O)c1ccc(C2CCN(c3ccc(CN4CCOCC4)cc3)CC2)cc1)C(=O)NO. The molecule has 2 aliphatic heterocycles. The third-order valence-electron chi connectivity index (χ3n) is 7.11. The zero-order valence-corrected chi connectivity index (χ0v) is 22.7. The van der Waals surface area contributed by atoms with Gasteiger partial charge in [0.2, 0.25) is 0 Å². The number of morpholine rings is 1. The number of hydrogen-bond donors (Lipinski definition) is 4. The Bertz CT molecular complexity index is 999. The van der Waals surface area contributed by atoms with Crippen LogP contribution in [-0.4, -0.2) is 78.6 Å². The topological polar surface area (TPSA) is 114 Å². The summed E-state index contributed by atoms with van der Waals surface area (Å²) in [6, 6.07) is 15.1. The first-order chi connectivity index (χ1) is 18.4. The molecule has 0 unspecified atom stereocenters. The van der Waals surface area contributed by atoms with Crippen molar-refractivity contribution in [2.24, 2.45) is 0 Å². The van der Waals surface area contributed by atoms with Gasteiger partial charge >= 0.3 is 0 Å². The van der Waals surface area contributed by atoms with Crippen molar-refractivity contribution in [1.29, 1.82) is 0 Å². The van der Waals surface area contributed by atoms with Gasteiger partial charge in [-0.2, -0.15) is 0 Å². The molecule has 2 aromatic carbocycles. The van der Waals surface area contributed by atoms with E-state index in [0.717, 1.165) is 58.8 Å². The lowest BCUT2D eigenvalue weighted by molar-refractivity contribution is -0.133. The third kappa shape index (κ3) is 8.01. The van der Waals surface area contributed by atoms with Gasteiger partial charge in [0.05, 0.1) is 19.3 Å². The van der Waals surface area contributed by atoms with E-state index in [0.29, 0.717) is 11.5 Å². The highest BCUT2D eigenvalue weighted by atomic mass is 16.5. The summed E-state index contributed by atoms with van der Waals surface area (Å²) in [4.78, 5) is 29.0. The van der Waals surface area contributed by atoms with Gasteiger partial charge in [0, 0.05) is 44.0 Å². The first-order valence-corrected chi connectivity index (χ1v) is 13.6. The van der Waals surface area contributed by atoms with Crippen molar-refractivity contribution in [1.82, 2.24) is 15.7 Å². The molecule has 9 heteroatoms. The number of hydroxylamine groups is 1. The monoisotopic (exact) mass is 526 g/mol. The molecule has 38 heavy (non-hydrogen) atoms. The largest absolute Gasteiger partial charge is 0.391 e. The summed E-state index contributed by atoms with van der Waals surface area (Å²) >= 11 is 0. The molecule has 2 saturated heterocycles. The van der Waals surface area contributed by atoms with Gasteiger partial charge in [-0.15, -0.1) is 0 Å². The second kappa shape index (κ2) is 14.8. The molecule has 0 bridgehead atoms. The molecule has 2 fully saturated rings. The Morgan fingerprint density at radius 1 is 0.974 bits per heavy atom. The number of carbonyl (C=O) groups excluding carboxylic acids is 2. The summed E-state index contributed by atoms with van der Waals surface area (Å²) < 4.78 is 5.43. The van der Waals surface area contributed by atoms with E-state index in [4.69, 9.17) is 9.94 Å². The number of anilines is 1. The van der Waals surface area contributed by atoms with E-state index in [9.17, 15) is 14.7 Å². The van der Waals surface area contributed by atoms with Crippen molar-refractivity contribution < 1.29 is 24.6 Å². The third-order valence-corrected chi connectivity index (χ3v) is 7.11. The normalized spacial score (nSPS) is 18.1. The van der Waals surface area contributed by atoms with Crippen LogP contribution in [0, 0.1) is 0 Å². The molecule has 2 amide bonds. The van der Waals surface area contributed by atoms with E-state index in [2.05, 4.69) is 39.4 Å². The highest BCUT2D eigenvalue weighted by molar-refractivity contribution is 5.97. The maximum atomic E-state index is 12.5. The fraction of sp³-hybridized carbons (Fsp3) is 0.517. The number of carbonyl (C=O) groups is 2. The highest BCUT2D eigenvalue weighted by Gasteiger charge is 2.26. The second-order valence-corrected chi connectivity index (χ2v) is 9.61. The number of aliphatic hydroxyl groups is 1. The predicted octanol–water partition coefficient (Wildman–Crippen LogP) is 2.91. The molecule has 0 saturated carbocycles. The molecular weight excluding hydrogens is 484 g/mol. The molecule has 2 atom stereocenters. The van der Waals surface area contributed by atoms with E-state index >= 15 is 0 Å². The molecule has 9 nitrogen and oxygen atoms in total. The molecule has 2 aliphatic rings. The van der Waals surface area contributed by atoms with E-state index < -0.39 is 24.0 Å². The van der Waals surface area contributed by atoms with Crippen molar-refractivity contribution in [3.63, 3.8) is 0 Å². The number of aliphatic hydroxyl groups excluding tert-OH is 1.